The van der Waals surface area contributed by atoms with E-state index in [1.54, 1.807) is 7.11 Å². The zero-order valence-corrected chi connectivity index (χ0v) is 22.3. The number of piperidine rings is 1. The van der Waals surface area contributed by atoms with Gasteiger partial charge in [0.2, 0.25) is 0 Å². The summed E-state index contributed by atoms with van der Waals surface area (Å²) in [6.45, 7) is 12.0. The number of nitrogens with zero attached hydrogens (tertiary/aromatic N) is 3. The summed E-state index contributed by atoms with van der Waals surface area (Å²) in [5.41, 5.74) is 3.88. The molecule has 196 valence electrons. The highest BCUT2D eigenvalue weighted by Crippen LogP contribution is 2.23. The Morgan fingerprint density at radius 2 is 1.86 bits per heavy atom. The van der Waals surface area contributed by atoms with E-state index in [9.17, 15) is 4.79 Å². The molecule has 4 rings (SSSR count). The third-order valence-electron chi connectivity index (χ3n) is 7.41. The van der Waals surface area contributed by atoms with Gasteiger partial charge in [0, 0.05) is 51.0 Å². The predicted molar refractivity (Wildman–Crippen MR) is 141 cm³/mol. The van der Waals surface area contributed by atoms with Gasteiger partial charge in [0.15, 0.2) is 0 Å². The van der Waals surface area contributed by atoms with Crippen LogP contribution in [0.2, 0.25) is 0 Å². The van der Waals surface area contributed by atoms with E-state index in [1.807, 2.05) is 11.8 Å². The molecular weight excluding hydrogens is 454 g/mol. The molecule has 0 bridgehead atoms. The fourth-order valence-corrected chi connectivity index (χ4v) is 4.99. The van der Waals surface area contributed by atoms with Crippen molar-refractivity contribution in [1.82, 2.24) is 20.2 Å². The second kappa shape index (κ2) is 11.7. The molecule has 0 radical (unpaired) electrons. The van der Waals surface area contributed by atoms with Crippen LogP contribution in [0.25, 0.3) is 0 Å². The number of amides is 1. The van der Waals surface area contributed by atoms with E-state index >= 15 is 0 Å². The molecule has 0 saturated carbocycles. The van der Waals surface area contributed by atoms with Crippen molar-refractivity contribution in [2.75, 3.05) is 38.7 Å². The van der Waals surface area contributed by atoms with Crippen LogP contribution in [0, 0.1) is 6.92 Å². The summed E-state index contributed by atoms with van der Waals surface area (Å²) in [5.74, 6) is 0.682. The minimum atomic E-state index is -0.0215. The van der Waals surface area contributed by atoms with Gasteiger partial charge in [-0.2, -0.15) is 0 Å². The maximum atomic E-state index is 13.3. The number of nitrogens with one attached hydrogen (secondary N) is 2. The number of ether oxygens (including phenoxy) is 2. The van der Waals surface area contributed by atoms with E-state index in [0.717, 1.165) is 31.4 Å². The highest BCUT2D eigenvalue weighted by molar-refractivity contribution is 5.94. The van der Waals surface area contributed by atoms with Gasteiger partial charge in [-0.3, -0.25) is 4.79 Å². The van der Waals surface area contributed by atoms with Crippen molar-refractivity contribution >= 4 is 11.7 Å². The summed E-state index contributed by atoms with van der Waals surface area (Å²) >= 11 is 0. The van der Waals surface area contributed by atoms with Crippen LogP contribution in [0.4, 0.5) is 5.82 Å². The first-order chi connectivity index (χ1) is 17.3. The Balaban J connectivity index is 1.32. The number of rotatable bonds is 7. The first kappa shape index (κ1) is 26.5. The fraction of sp³-hybridized carbons (Fsp3) is 0.607. The highest BCUT2D eigenvalue weighted by atomic mass is 16.5. The topological polar surface area (TPSA) is 88.6 Å². The molecule has 1 aromatic heterocycles. The molecule has 0 unspecified atom stereocenters. The molecule has 2 fully saturated rings. The smallest absolute Gasteiger partial charge is 0.272 e. The molecule has 1 amide bonds. The van der Waals surface area contributed by atoms with E-state index < -0.39 is 0 Å². The number of carbonyl (C=O) groups is 1. The Kier molecular flexibility index (Phi) is 8.59. The maximum absolute atomic E-state index is 13.3. The number of hydrogen-bond donors (Lipinski definition) is 2. The number of benzene rings is 1. The lowest BCUT2D eigenvalue weighted by atomic mass is 9.87. The van der Waals surface area contributed by atoms with Gasteiger partial charge in [-0.05, 0) is 42.7 Å². The van der Waals surface area contributed by atoms with Crippen molar-refractivity contribution in [3.63, 3.8) is 0 Å². The monoisotopic (exact) mass is 495 g/mol. The molecule has 2 atom stereocenters. The van der Waals surface area contributed by atoms with Crippen LogP contribution >= 0.6 is 0 Å². The minimum absolute atomic E-state index is 0.0215. The van der Waals surface area contributed by atoms with Crippen molar-refractivity contribution in [3.05, 3.63) is 53.0 Å². The molecule has 2 aliphatic heterocycles. The number of likely N-dealkylation sites (tertiary alicyclic amines) is 1. The lowest BCUT2D eigenvalue weighted by Gasteiger charge is -2.38. The van der Waals surface area contributed by atoms with Crippen LogP contribution in [0.1, 0.15) is 67.2 Å². The molecular formula is C28H41N5O3. The molecule has 36 heavy (non-hydrogen) atoms. The number of anilines is 1. The van der Waals surface area contributed by atoms with Crippen molar-refractivity contribution in [3.8, 4) is 0 Å². The summed E-state index contributed by atoms with van der Waals surface area (Å²) in [4.78, 5) is 24.0. The maximum Gasteiger partial charge on any atom is 0.272 e. The molecule has 8 heteroatoms. The van der Waals surface area contributed by atoms with Crippen LogP contribution in [-0.4, -0.2) is 72.4 Å². The van der Waals surface area contributed by atoms with Crippen molar-refractivity contribution in [2.45, 2.75) is 77.1 Å². The van der Waals surface area contributed by atoms with E-state index in [2.05, 4.69) is 65.6 Å². The molecule has 0 spiro atoms. The Labute approximate surface area is 215 Å². The average Bonchev–Trinajstić information content (AvgIpc) is 2.88. The molecule has 2 aromatic rings. The van der Waals surface area contributed by atoms with Gasteiger partial charge in [-0.15, -0.1) is 0 Å². The number of aromatic nitrogens is 2. The van der Waals surface area contributed by atoms with E-state index in [-0.39, 0.29) is 17.4 Å². The van der Waals surface area contributed by atoms with E-state index in [1.165, 1.54) is 17.5 Å². The normalized spacial score (nSPS) is 21.4. The summed E-state index contributed by atoms with van der Waals surface area (Å²) in [5, 5.41) is 7.14. The summed E-state index contributed by atoms with van der Waals surface area (Å²) in [6, 6.07) is 9.32. The zero-order chi connectivity index (χ0) is 25.7. The lowest BCUT2D eigenvalue weighted by Crippen LogP contribution is -2.54. The average molecular weight is 496 g/mol. The molecule has 2 aliphatic rings. The SMILES string of the molecule is CO[C@@H]1COCC[C@@H]1NC1CCN(C(=O)c2ncnc(NCc3ccc(C(C)(C)C)cc3)c2C)CC1. The lowest BCUT2D eigenvalue weighted by molar-refractivity contribution is -0.0533. The quantitative estimate of drug-likeness (QED) is 0.606. The van der Waals surface area contributed by atoms with E-state index in [0.29, 0.717) is 49.8 Å². The van der Waals surface area contributed by atoms with E-state index in [4.69, 9.17) is 9.47 Å². The van der Waals surface area contributed by atoms with Crippen molar-refractivity contribution < 1.29 is 14.3 Å². The molecule has 2 saturated heterocycles. The van der Waals surface area contributed by atoms with Gasteiger partial charge >= 0.3 is 0 Å². The first-order valence-corrected chi connectivity index (χ1v) is 13.1. The van der Waals surface area contributed by atoms with Crippen molar-refractivity contribution in [2.24, 2.45) is 0 Å². The molecule has 0 aliphatic carbocycles. The van der Waals surface area contributed by atoms with Gasteiger partial charge < -0.3 is 25.0 Å². The van der Waals surface area contributed by atoms with Gasteiger partial charge in [0.1, 0.15) is 17.8 Å². The second-order valence-electron chi connectivity index (χ2n) is 11.0. The second-order valence-corrected chi connectivity index (χ2v) is 11.0. The fourth-order valence-electron chi connectivity index (χ4n) is 4.99. The highest BCUT2D eigenvalue weighted by Gasteiger charge is 2.31. The third-order valence-corrected chi connectivity index (χ3v) is 7.41. The molecule has 3 heterocycles. The standard InChI is InChI=1S/C28H41N5O3/c1-19-25(30-18-31-26(19)29-16-20-6-8-21(9-7-20)28(2,3)4)27(34)33-13-10-22(11-14-33)32-23-12-15-36-17-24(23)35-5/h6-9,18,22-24,32H,10-17H2,1-5H3,(H,29,30,31)/t23-,24+/m0/s1. The predicted octanol–water partition coefficient (Wildman–Crippen LogP) is 3.69. The largest absolute Gasteiger partial charge is 0.379 e. The van der Waals surface area contributed by atoms with Gasteiger partial charge in [0.25, 0.3) is 5.91 Å². The Morgan fingerprint density at radius 1 is 1.14 bits per heavy atom. The Hall–Kier alpha value is -2.55. The van der Waals surface area contributed by atoms with Crippen LogP contribution in [0.3, 0.4) is 0 Å². The Morgan fingerprint density at radius 3 is 2.53 bits per heavy atom. The van der Waals surface area contributed by atoms with Gasteiger partial charge in [-0.1, -0.05) is 45.0 Å². The molecule has 8 nitrogen and oxygen atoms in total. The van der Waals surface area contributed by atoms with Crippen molar-refractivity contribution in [1.29, 1.82) is 0 Å². The van der Waals surface area contributed by atoms with Crippen LogP contribution < -0.4 is 10.6 Å². The summed E-state index contributed by atoms with van der Waals surface area (Å²) in [7, 11) is 1.74. The van der Waals surface area contributed by atoms with Crippen LogP contribution in [0.15, 0.2) is 30.6 Å². The summed E-state index contributed by atoms with van der Waals surface area (Å²) < 4.78 is 11.1. The minimum Gasteiger partial charge on any atom is -0.379 e. The number of methoxy groups -OCH3 is 1. The van der Waals surface area contributed by atoms with Crippen LogP contribution in [-0.2, 0) is 21.4 Å². The zero-order valence-electron chi connectivity index (χ0n) is 22.3. The first-order valence-electron chi connectivity index (χ1n) is 13.1. The number of carbonyl (C=O) groups excluding carboxylic acids is 1. The molecule has 1 aromatic carbocycles. The number of hydrogen-bond acceptors (Lipinski definition) is 7. The van der Waals surface area contributed by atoms with Gasteiger partial charge in [-0.25, -0.2) is 9.97 Å². The summed E-state index contributed by atoms with van der Waals surface area (Å²) in [6.07, 6.45) is 4.35. The Bertz CT molecular complexity index is 1010. The van der Waals surface area contributed by atoms with Gasteiger partial charge in [0.05, 0.1) is 12.7 Å². The third kappa shape index (κ3) is 6.41. The van der Waals surface area contributed by atoms with Crippen LogP contribution in [0.5, 0.6) is 0 Å². The molecule has 2 N–H and O–H groups in total.